The number of hydrogen-bond donors (Lipinski definition) is 2. The van der Waals surface area contributed by atoms with Gasteiger partial charge in [0.1, 0.15) is 5.60 Å². The minimum atomic E-state index is -1.17. The van der Waals surface area contributed by atoms with Gasteiger partial charge < -0.3 is 10.8 Å². The lowest BCUT2D eigenvalue weighted by Crippen LogP contribution is -2.36. The Morgan fingerprint density at radius 2 is 1.44 bits per heavy atom. The van der Waals surface area contributed by atoms with Gasteiger partial charge in [-0.2, -0.15) is 0 Å². The van der Waals surface area contributed by atoms with Crippen LogP contribution in [0.3, 0.4) is 0 Å². The summed E-state index contributed by atoms with van der Waals surface area (Å²) in [6, 6.07) is 14.8. The summed E-state index contributed by atoms with van der Waals surface area (Å²) in [4.78, 5) is 0. The molecule has 3 N–H and O–H groups in total. The van der Waals surface area contributed by atoms with Crippen molar-refractivity contribution < 1.29 is 5.11 Å². The van der Waals surface area contributed by atoms with Gasteiger partial charge in [-0.25, -0.2) is 0 Å². The maximum absolute atomic E-state index is 10.8. The first-order valence-corrected chi connectivity index (χ1v) is 6.96. The van der Waals surface area contributed by atoms with E-state index >= 15 is 0 Å². The van der Waals surface area contributed by atoms with E-state index in [2.05, 4.69) is 22.6 Å². The maximum Gasteiger partial charge on any atom is 0.127 e. The van der Waals surface area contributed by atoms with Crippen LogP contribution >= 0.6 is 34.2 Å². The third kappa shape index (κ3) is 2.69. The van der Waals surface area contributed by atoms with Crippen LogP contribution < -0.4 is 5.73 Å². The molecule has 0 aromatic heterocycles. The molecule has 0 spiro atoms. The van der Waals surface area contributed by atoms with Crippen LogP contribution in [0.5, 0.6) is 0 Å². The van der Waals surface area contributed by atoms with Crippen molar-refractivity contribution in [2.24, 2.45) is 5.73 Å². The highest BCUT2D eigenvalue weighted by atomic mass is 127. The molecule has 2 rings (SSSR count). The first-order valence-electron chi connectivity index (χ1n) is 5.51. The summed E-state index contributed by atoms with van der Waals surface area (Å²) in [7, 11) is 0. The van der Waals surface area contributed by atoms with Crippen LogP contribution in [0.4, 0.5) is 0 Å². The predicted octanol–water partition coefficient (Wildman–Crippen LogP) is 3.14. The highest BCUT2D eigenvalue weighted by Gasteiger charge is 2.29. The Hall–Kier alpha value is -0.620. The fourth-order valence-corrected chi connectivity index (χ4v) is 2.34. The fourth-order valence-electron chi connectivity index (χ4n) is 1.85. The predicted molar refractivity (Wildman–Crippen MR) is 82.7 cm³/mol. The van der Waals surface area contributed by atoms with Crippen LogP contribution in [0.1, 0.15) is 11.1 Å². The molecule has 4 heteroatoms. The van der Waals surface area contributed by atoms with Crippen LogP contribution in [0.25, 0.3) is 0 Å². The first-order chi connectivity index (χ1) is 8.56. The minimum absolute atomic E-state index is 0.120. The zero-order chi connectivity index (χ0) is 13.2. The Morgan fingerprint density at radius 1 is 1.00 bits per heavy atom. The summed E-state index contributed by atoms with van der Waals surface area (Å²) in [5.41, 5.74) is 6.12. The summed E-state index contributed by atoms with van der Waals surface area (Å²) in [6.07, 6.45) is 0. The van der Waals surface area contributed by atoms with Crippen molar-refractivity contribution >= 4 is 34.2 Å². The lowest BCUT2D eigenvalue weighted by Gasteiger charge is -2.27. The molecule has 18 heavy (non-hydrogen) atoms. The lowest BCUT2D eigenvalue weighted by atomic mass is 9.86. The molecule has 2 aromatic rings. The van der Waals surface area contributed by atoms with Gasteiger partial charge >= 0.3 is 0 Å². The molecular formula is C14H13ClINO. The Labute approximate surface area is 125 Å². The molecule has 0 saturated carbocycles. The molecule has 94 valence electrons. The number of halogens is 2. The maximum atomic E-state index is 10.8. The van der Waals surface area contributed by atoms with Gasteiger partial charge in [0, 0.05) is 15.1 Å². The molecule has 0 amide bonds. The van der Waals surface area contributed by atoms with Crippen molar-refractivity contribution in [2.45, 2.75) is 5.60 Å². The van der Waals surface area contributed by atoms with Gasteiger partial charge in [0.2, 0.25) is 0 Å². The average molecular weight is 374 g/mol. The largest absolute Gasteiger partial charge is 0.379 e. The second kappa shape index (κ2) is 5.57. The molecule has 0 unspecified atom stereocenters. The van der Waals surface area contributed by atoms with Crippen molar-refractivity contribution in [3.05, 3.63) is 68.3 Å². The van der Waals surface area contributed by atoms with E-state index in [1.807, 2.05) is 24.3 Å². The van der Waals surface area contributed by atoms with Gasteiger partial charge in [-0.05, 0) is 58.0 Å². The van der Waals surface area contributed by atoms with Crippen molar-refractivity contribution in [3.63, 3.8) is 0 Å². The van der Waals surface area contributed by atoms with Gasteiger partial charge in [0.25, 0.3) is 0 Å². The van der Waals surface area contributed by atoms with Crippen LogP contribution in [-0.2, 0) is 5.60 Å². The quantitative estimate of drug-likeness (QED) is 0.812. The third-order valence-electron chi connectivity index (χ3n) is 2.94. The smallest absolute Gasteiger partial charge is 0.127 e. The molecule has 0 bridgehead atoms. The zero-order valence-corrected chi connectivity index (χ0v) is 12.5. The van der Waals surface area contributed by atoms with Gasteiger partial charge in [0.15, 0.2) is 0 Å². The molecule has 2 nitrogen and oxygen atoms in total. The number of nitrogens with two attached hydrogens (primary N) is 1. The van der Waals surface area contributed by atoms with E-state index in [4.69, 9.17) is 17.3 Å². The van der Waals surface area contributed by atoms with Gasteiger partial charge in [-0.15, -0.1) is 0 Å². The monoisotopic (exact) mass is 373 g/mol. The van der Waals surface area contributed by atoms with E-state index in [0.717, 1.165) is 14.7 Å². The normalized spacial score (nSPS) is 14.2. The van der Waals surface area contributed by atoms with Gasteiger partial charge in [-0.3, -0.25) is 0 Å². The van der Waals surface area contributed by atoms with Crippen LogP contribution in [0, 0.1) is 3.57 Å². The molecule has 1 atom stereocenters. The summed E-state index contributed by atoms with van der Waals surface area (Å²) in [6.45, 7) is 0.120. The Kier molecular flexibility index (Phi) is 4.27. The molecule has 0 radical (unpaired) electrons. The number of hydrogen-bond acceptors (Lipinski definition) is 2. The SMILES string of the molecule is NC[C@](O)(c1ccc(Cl)cc1)c1ccc(I)cc1. The fraction of sp³-hybridized carbons (Fsp3) is 0.143. The van der Waals surface area contributed by atoms with Crippen molar-refractivity contribution in [1.82, 2.24) is 0 Å². The molecule has 0 aliphatic heterocycles. The zero-order valence-electron chi connectivity index (χ0n) is 9.61. The van der Waals surface area contributed by atoms with E-state index < -0.39 is 5.60 Å². The molecule has 0 fully saturated rings. The number of benzene rings is 2. The molecule has 0 heterocycles. The second-order valence-corrected chi connectivity index (χ2v) is 5.76. The summed E-state index contributed by atoms with van der Waals surface area (Å²) < 4.78 is 1.12. The lowest BCUT2D eigenvalue weighted by molar-refractivity contribution is 0.0902. The molecule has 0 aliphatic rings. The molecule has 2 aromatic carbocycles. The van der Waals surface area contributed by atoms with E-state index in [-0.39, 0.29) is 6.54 Å². The van der Waals surface area contributed by atoms with E-state index in [1.165, 1.54) is 0 Å². The minimum Gasteiger partial charge on any atom is -0.379 e. The highest BCUT2D eigenvalue weighted by Crippen LogP contribution is 2.29. The standard InChI is InChI=1S/C14H13ClINO/c15-12-5-1-10(2-6-12)14(18,9-17)11-3-7-13(16)8-4-11/h1-8,18H,9,17H2/t14-/m0/s1. The molecule has 0 aliphatic carbocycles. The number of aliphatic hydroxyl groups is 1. The second-order valence-electron chi connectivity index (χ2n) is 4.08. The molecular weight excluding hydrogens is 361 g/mol. The Balaban J connectivity index is 2.47. The summed E-state index contributed by atoms with van der Waals surface area (Å²) in [5, 5.41) is 11.4. The molecule has 0 saturated heterocycles. The van der Waals surface area contributed by atoms with E-state index in [0.29, 0.717) is 5.02 Å². The van der Waals surface area contributed by atoms with Crippen LogP contribution in [-0.4, -0.2) is 11.7 Å². The van der Waals surface area contributed by atoms with Crippen LogP contribution in [0.2, 0.25) is 5.02 Å². The van der Waals surface area contributed by atoms with Gasteiger partial charge in [-0.1, -0.05) is 35.9 Å². The van der Waals surface area contributed by atoms with Gasteiger partial charge in [0.05, 0.1) is 0 Å². The Bertz CT molecular complexity index is 479. The third-order valence-corrected chi connectivity index (χ3v) is 3.91. The Morgan fingerprint density at radius 3 is 1.89 bits per heavy atom. The van der Waals surface area contributed by atoms with Crippen molar-refractivity contribution in [3.8, 4) is 0 Å². The highest BCUT2D eigenvalue weighted by molar-refractivity contribution is 14.1. The average Bonchev–Trinajstić information content (AvgIpc) is 2.39. The summed E-state index contributed by atoms with van der Waals surface area (Å²) in [5.74, 6) is 0. The van der Waals surface area contributed by atoms with E-state index in [1.54, 1.807) is 24.3 Å². The number of rotatable bonds is 3. The first kappa shape index (κ1) is 13.8. The van der Waals surface area contributed by atoms with E-state index in [9.17, 15) is 5.11 Å². The van der Waals surface area contributed by atoms with Crippen molar-refractivity contribution in [1.29, 1.82) is 0 Å². The summed E-state index contributed by atoms with van der Waals surface area (Å²) >= 11 is 8.08. The topological polar surface area (TPSA) is 46.2 Å². The van der Waals surface area contributed by atoms with Crippen LogP contribution in [0.15, 0.2) is 48.5 Å². The van der Waals surface area contributed by atoms with Crippen molar-refractivity contribution in [2.75, 3.05) is 6.54 Å².